The Morgan fingerprint density at radius 2 is 2.19 bits per heavy atom. The van der Waals surface area contributed by atoms with Crippen molar-refractivity contribution in [1.29, 1.82) is 0 Å². The van der Waals surface area contributed by atoms with Gasteiger partial charge in [0.15, 0.2) is 0 Å². The second kappa shape index (κ2) is 5.41. The number of hydrogen-bond donors (Lipinski definition) is 1. The third kappa shape index (κ3) is 2.38. The Labute approximate surface area is 124 Å². The van der Waals surface area contributed by atoms with E-state index in [2.05, 4.69) is 17.3 Å². The maximum atomic E-state index is 6.19. The summed E-state index contributed by atoms with van der Waals surface area (Å²) in [7, 11) is 5.62. The molecule has 2 atom stereocenters. The molecular weight excluding hydrogens is 266 g/mol. The van der Waals surface area contributed by atoms with Crippen molar-refractivity contribution < 1.29 is 9.47 Å². The van der Waals surface area contributed by atoms with Crippen molar-refractivity contribution in [1.82, 2.24) is 15.1 Å². The molecule has 21 heavy (non-hydrogen) atoms. The van der Waals surface area contributed by atoms with Crippen molar-refractivity contribution in [2.75, 3.05) is 14.2 Å². The molecule has 0 radical (unpaired) electrons. The number of rotatable bonds is 3. The zero-order valence-electron chi connectivity index (χ0n) is 12.9. The van der Waals surface area contributed by atoms with Crippen molar-refractivity contribution in [3.05, 3.63) is 41.2 Å². The van der Waals surface area contributed by atoms with E-state index < -0.39 is 0 Å². The van der Waals surface area contributed by atoms with E-state index in [1.54, 1.807) is 7.11 Å². The van der Waals surface area contributed by atoms with Gasteiger partial charge in [0, 0.05) is 36.3 Å². The Kier molecular flexibility index (Phi) is 3.59. The predicted octanol–water partition coefficient (Wildman–Crippen LogP) is 2.52. The smallest absolute Gasteiger partial charge is 0.129 e. The van der Waals surface area contributed by atoms with E-state index in [1.165, 1.54) is 0 Å². The van der Waals surface area contributed by atoms with E-state index in [4.69, 9.17) is 9.47 Å². The van der Waals surface area contributed by atoms with E-state index in [-0.39, 0.29) is 12.1 Å². The van der Waals surface area contributed by atoms with Crippen LogP contribution in [0.3, 0.4) is 0 Å². The molecule has 1 aliphatic heterocycles. The van der Waals surface area contributed by atoms with Gasteiger partial charge in [-0.25, -0.2) is 0 Å². The van der Waals surface area contributed by atoms with Gasteiger partial charge in [-0.15, -0.1) is 0 Å². The Morgan fingerprint density at radius 3 is 2.81 bits per heavy atom. The van der Waals surface area contributed by atoms with Crippen LogP contribution in [0.1, 0.15) is 35.4 Å². The summed E-state index contributed by atoms with van der Waals surface area (Å²) in [6.07, 6.45) is 2.81. The summed E-state index contributed by atoms with van der Waals surface area (Å²) >= 11 is 0. The Morgan fingerprint density at radius 1 is 1.38 bits per heavy atom. The third-order valence-corrected chi connectivity index (χ3v) is 4.28. The first-order chi connectivity index (χ1) is 10.1. The molecule has 2 aromatic rings. The SMILES string of the molecule is CNC1CC(c2cnn(C)c2C)Oc2ccc(OC)cc21. The van der Waals surface area contributed by atoms with Crippen LogP contribution in [-0.4, -0.2) is 23.9 Å². The van der Waals surface area contributed by atoms with Crippen LogP contribution in [0.2, 0.25) is 0 Å². The van der Waals surface area contributed by atoms with Gasteiger partial charge in [-0.05, 0) is 32.2 Å². The average molecular weight is 287 g/mol. The van der Waals surface area contributed by atoms with Crippen molar-refractivity contribution in [3.63, 3.8) is 0 Å². The molecule has 0 bridgehead atoms. The van der Waals surface area contributed by atoms with E-state index in [9.17, 15) is 0 Å². The van der Waals surface area contributed by atoms with Gasteiger partial charge in [0.2, 0.25) is 0 Å². The molecular formula is C16H21N3O2. The lowest BCUT2D eigenvalue weighted by Crippen LogP contribution is -2.27. The lowest BCUT2D eigenvalue weighted by atomic mass is 9.93. The topological polar surface area (TPSA) is 48.3 Å². The van der Waals surface area contributed by atoms with E-state index in [0.29, 0.717) is 0 Å². The van der Waals surface area contributed by atoms with Gasteiger partial charge in [0.1, 0.15) is 17.6 Å². The normalized spacial score (nSPS) is 20.8. The van der Waals surface area contributed by atoms with Gasteiger partial charge < -0.3 is 14.8 Å². The monoisotopic (exact) mass is 287 g/mol. The molecule has 5 nitrogen and oxygen atoms in total. The number of benzene rings is 1. The second-order valence-electron chi connectivity index (χ2n) is 5.40. The van der Waals surface area contributed by atoms with Crippen LogP contribution in [0.25, 0.3) is 0 Å². The Bertz CT molecular complexity index is 651. The lowest BCUT2D eigenvalue weighted by Gasteiger charge is -2.32. The minimum Gasteiger partial charge on any atom is -0.497 e. The molecule has 0 fully saturated rings. The number of aryl methyl sites for hydroxylation is 1. The largest absolute Gasteiger partial charge is 0.497 e. The fraction of sp³-hybridized carbons (Fsp3) is 0.438. The van der Waals surface area contributed by atoms with E-state index >= 15 is 0 Å². The van der Waals surface area contributed by atoms with Crippen LogP contribution in [0.5, 0.6) is 11.5 Å². The summed E-state index contributed by atoms with van der Waals surface area (Å²) in [4.78, 5) is 0. The first kappa shape index (κ1) is 13.9. The van der Waals surface area contributed by atoms with Gasteiger partial charge in [0.25, 0.3) is 0 Å². The number of fused-ring (bicyclic) bond motifs is 1. The molecule has 3 rings (SSSR count). The standard InChI is InChI=1S/C16H21N3O2/c1-10-13(9-18-19(10)3)16-8-14(17-2)12-7-11(20-4)5-6-15(12)21-16/h5-7,9,14,16-17H,8H2,1-4H3. The molecule has 0 aliphatic carbocycles. The molecule has 2 unspecified atom stereocenters. The zero-order chi connectivity index (χ0) is 15.0. The molecule has 0 spiro atoms. The predicted molar refractivity (Wildman–Crippen MR) is 80.7 cm³/mol. The molecule has 0 saturated heterocycles. The molecule has 1 N–H and O–H groups in total. The fourth-order valence-corrected chi connectivity index (χ4v) is 2.87. The van der Waals surface area contributed by atoms with Gasteiger partial charge in [0.05, 0.1) is 13.3 Å². The summed E-state index contributed by atoms with van der Waals surface area (Å²) in [5.74, 6) is 1.77. The zero-order valence-corrected chi connectivity index (χ0v) is 12.9. The number of methoxy groups -OCH3 is 1. The maximum absolute atomic E-state index is 6.19. The molecule has 1 aliphatic rings. The van der Waals surface area contributed by atoms with Gasteiger partial charge in [-0.3, -0.25) is 4.68 Å². The van der Waals surface area contributed by atoms with Crippen LogP contribution in [0, 0.1) is 6.92 Å². The van der Waals surface area contributed by atoms with Crippen molar-refractivity contribution in [3.8, 4) is 11.5 Å². The Balaban J connectivity index is 1.97. The average Bonchev–Trinajstić information content (AvgIpc) is 2.85. The number of nitrogens with one attached hydrogen (secondary N) is 1. The highest BCUT2D eigenvalue weighted by Gasteiger charge is 2.30. The van der Waals surface area contributed by atoms with Crippen LogP contribution in [0.15, 0.2) is 24.4 Å². The van der Waals surface area contributed by atoms with E-state index in [1.807, 2.05) is 43.2 Å². The summed E-state index contributed by atoms with van der Waals surface area (Å²) in [6.45, 7) is 2.07. The van der Waals surface area contributed by atoms with Gasteiger partial charge in [-0.1, -0.05) is 0 Å². The molecule has 1 aromatic heterocycles. The first-order valence-corrected chi connectivity index (χ1v) is 7.14. The van der Waals surface area contributed by atoms with Crippen molar-refractivity contribution in [2.24, 2.45) is 7.05 Å². The van der Waals surface area contributed by atoms with Crippen LogP contribution in [0.4, 0.5) is 0 Å². The number of aromatic nitrogens is 2. The highest BCUT2D eigenvalue weighted by atomic mass is 16.5. The number of ether oxygens (including phenoxy) is 2. The van der Waals surface area contributed by atoms with Gasteiger partial charge >= 0.3 is 0 Å². The summed E-state index contributed by atoms with van der Waals surface area (Å²) < 4.78 is 13.4. The Hall–Kier alpha value is -2.01. The van der Waals surface area contributed by atoms with Gasteiger partial charge in [-0.2, -0.15) is 5.10 Å². The lowest BCUT2D eigenvalue weighted by molar-refractivity contribution is 0.153. The third-order valence-electron chi connectivity index (χ3n) is 4.28. The second-order valence-corrected chi connectivity index (χ2v) is 5.40. The minimum absolute atomic E-state index is 0.0250. The quantitative estimate of drug-likeness (QED) is 0.942. The van der Waals surface area contributed by atoms with Crippen LogP contribution >= 0.6 is 0 Å². The van der Waals surface area contributed by atoms with Crippen molar-refractivity contribution in [2.45, 2.75) is 25.5 Å². The summed E-state index contributed by atoms with van der Waals surface area (Å²) in [5.41, 5.74) is 3.45. The minimum atomic E-state index is 0.0250. The van der Waals surface area contributed by atoms with Crippen LogP contribution < -0.4 is 14.8 Å². The summed E-state index contributed by atoms with van der Waals surface area (Å²) in [5, 5.41) is 7.70. The number of hydrogen-bond acceptors (Lipinski definition) is 4. The molecule has 112 valence electrons. The molecule has 0 amide bonds. The summed E-state index contributed by atoms with van der Waals surface area (Å²) in [6, 6.07) is 6.21. The van der Waals surface area contributed by atoms with Crippen LogP contribution in [-0.2, 0) is 7.05 Å². The fourth-order valence-electron chi connectivity index (χ4n) is 2.87. The van der Waals surface area contributed by atoms with Crippen molar-refractivity contribution >= 4 is 0 Å². The molecule has 5 heteroatoms. The highest BCUT2D eigenvalue weighted by molar-refractivity contribution is 5.44. The molecule has 1 aromatic carbocycles. The highest BCUT2D eigenvalue weighted by Crippen LogP contribution is 2.42. The first-order valence-electron chi connectivity index (χ1n) is 7.14. The van der Waals surface area contributed by atoms with E-state index in [0.717, 1.165) is 34.7 Å². The maximum Gasteiger partial charge on any atom is 0.129 e. The molecule has 0 saturated carbocycles. The number of nitrogens with zero attached hydrogens (tertiary/aromatic N) is 2. The molecule has 2 heterocycles.